The van der Waals surface area contributed by atoms with Crippen LogP contribution in [0.3, 0.4) is 0 Å². The average Bonchev–Trinajstić information content (AvgIpc) is 2.81. The topological polar surface area (TPSA) is 105 Å². The van der Waals surface area contributed by atoms with Gasteiger partial charge in [0.05, 0.1) is 0 Å². The van der Waals surface area contributed by atoms with Gasteiger partial charge < -0.3 is 15.8 Å². The van der Waals surface area contributed by atoms with Gasteiger partial charge in [-0.2, -0.15) is 0 Å². The van der Waals surface area contributed by atoms with E-state index in [1.165, 1.54) is 0 Å². The largest absolute Gasteiger partial charge is 0.409 e. The van der Waals surface area contributed by atoms with E-state index in [4.69, 9.17) is 10.9 Å². The molecule has 7 nitrogen and oxygen atoms in total. The molecule has 1 rings (SSSR count). The number of carbonyl (C=O) groups excluding carboxylic acids is 1. The highest BCUT2D eigenvalue weighted by Gasteiger charge is 2.20. The van der Waals surface area contributed by atoms with Crippen LogP contribution in [0.1, 0.15) is 30.8 Å². The molecule has 0 spiro atoms. The summed E-state index contributed by atoms with van der Waals surface area (Å²) in [7, 11) is 0. The minimum absolute atomic E-state index is 0.00990. The predicted octanol–water partition coefficient (Wildman–Crippen LogP) is 0.525. The van der Waals surface area contributed by atoms with Crippen molar-refractivity contribution in [3.8, 4) is 0 Å². The second-order valence-corrected chi connectivity index (χ2v) is 4.33. The Morgan fingerprint density at radius 1 is 1.71 bits per heavy atom. The van der Waals surface area contributed by atoms with Crippen LogP contribution in [0.15, 0.2) is 10.5 Å². The van der Waals surface area contributed by atoms with Crippen molar-refractivity contribution < 1.29 is 10.0 Å². The molecule has 17 heavy (non-hydrogen) atoms. The van der Waals surface area contributed by atoms with Gasteiger partial charge in [-0.05, 0) is 25.4 Å². The fourth-order valence-corrected chi connectivity index (χ4v) is 1.71. The molecular formula is C9H15N5O2S. The van der Waals surface area contributed by atoms with Gasteiger partial charge >= 0.3 is 0 Å². The van der Waals surface area contributed by atoms with Crippen molar-refractivity contribution in [2.45, 2.75) is 26.3 Å². The summed E-state index contributed by atoms with van der Waals surface area (Å²) < 4.78 is 3.65. The van der Waals surface area contributed by atoms with Gasteiger partial charge in [-0.25, -0.2) is 0 Å². The normalized spacial score (nSPS) is 11.8. The zero-order chi connectivity index (χ0) is 12.8. The molecular weight excluding hydrogens is 242 g/mol. The first-order valence-electron chi connectivity index (χ1n) is 5.10. The summed E-state index contributed by atoms with van der Waals surface area (Å²) in [6.07, 6.45) is 0.317. The van der Waals surface area contributed by atoms with E-state index in [9.17, 15) is 4.79 Å². The first-order chi connectivity index (χ1) is 8.06. The summed E-state index contributed by atoms with van der Waals surface area (Å²) in [5, 5.41) is 16.7. The molecule has 1 aromatic rings. The molecule has 0 bridgehead atoms. The average molecular weight is 257 g/mol. The van der Waals surface area contributed by atoms with Gasteiger partial charge in [0.15, 0.2) is 5.69 Å². The Morgan fingerprint density at radius 2 is 2.41 bits per heavy atom. The van der Waals surface area contributed by atoms with Crippen LogP contribution in [0, 0.1) is 0 Å². The van der Waals surface area contributed by atoms with Gasteiger partial charge in [0.1, 0.15) is 5.84 Å². The Labute approximate surface area is 103 Å². The van der Waals surface area contributed by atoms with Crippen LogP contribution in [0.2, 0.25) is 0 Å². The second-order valence-electron chi connectivity index (χ2n) is 3.72. The van der Waals surface area contributed by atoms with E-state index in [0.29, 0.717) is 18.7 Å². The molecule has 0 aliphatic carbocycles. The first kappa shape index (κ1) is 13.4. The Kier molecular flexibility index (Phi) is 4.83. The molecule has 0 atom stereocenters. The lowest BCUT2D eigenvalue weighted by Crippen LogP contribution is -2.39. The van der Waals surface area contributed by atoms with Crippen molar-refractivity contribution in [3.63, 3.8) is 0 Å². The summed E-state index contributed by atoms with van der Waals surface area (Å²) in [5.41, 5.74) is 5.70. The summed E-state index contributed by atoms with van der Waals surface area (Å²) in [5.74, 6) is -0.0978. The number of amidine groups is 1. The number of rotatable bonds is 5. The van der Waals surface area contributed by atoms with E-state index in [-0.39, 0.29) is 17.8 Å². The molecule has 1 heterocycles. The Bertz CT molecular complexity index is 390. The van der Waals surface area contributed by atoms with Crippen LogP contribution in [-0.2, 0) is 0 Å². The van der Waals surface area contributed by atoms with Crippen LogP contribution in [-0.4, -0.2) is 44.0 Å². The third-order valence-electron chi connectivity index (χ3n) is 2.20. The minimum atomic E-state index is -0.195. The summed E-state index contributed by atoms with van der Waals surface area (Å²) in [4.78, 5) is 13.6. The lowest BCUT2D eigenvalue weighted by molar-refractivity contribution is 0.0705. The Balaban J connectivity index is 2.70. The summed E-state index contributed by atoms with van der Waals surface area (Å²) >= 11 is 1.13. The molecule has 1 amide bonds. The number of carbonyl (C=O) groups is 1. The molecule has 8 heteroatoms. The molecule has 3 N–H and O–H groups in total. The van der Waals surface area contributed by atoms with Crippen molar-refractivity contribution in [2.24, 2.45) is 10.9 Å². The monoisotopic (exact) mass is 257 g/mol. The number of hydrogen-bond donors (Lipinski definition) is 2. The lowest BCUT2D eigenvalue weighted by Gasteiger charge is -2.25. The number of aromatic nitrogens is 2. The standard InChI is InChI=1S/C9H15N5O2S/c1-6(2)14(4-3-8(10)12-16)9(15)7-5-17-13-11-7/h5-6,16H,3-4H2,1-2H3,(H2,10,12). The maximum Gasteiger partial charge on any atom is 0.275 e. The van der Waals surface area contributed by atoms with Crippen LogP contribution < -0.4 is 5.73 Å². The quantitative estimate of drug-likeness (QED) is 0.346. The molecule has 0 saturated heterocycles. The van der Waals surface area contributed by atoms with Crippen LogP contribution in [0.5, 0.6) is 0 Å². The molecule has 94 valence electrons. The molecule has 0 unspecified atom stereocenters. The SMILES string of the molecule is CC(C)N(CCC(N)=NO)C(=O)c1csnn1. The van der Waals surface area contributed by atoms with Crippen molar-refractivity contribution in [2.75, 3.05) is 6.54 Å². The van der Waals surface area contributed by atoms with Crippen molar-refractivity contribution in [1.82, 2.24) is 14.5 Å². The number of hydrogen-bond acceptors (Lipinski definition) is 6. The van der Waals surface area contributed by atoms with Gasteiger partial charge in [0.2, 0.25) is 0 Å². The molecule has 0 radical (unpaired) electrons. The van der Waals surface area contributed by atoms with E-state index < -0.39 is 0 Å². The van der Waals surface area contributed by atoms with E-state index in [2.05, 4.69) is 14.7 Å². The van der Waals surface area contributed by atoms with Gasteiger partial charge in [0.25, 0.3) is 5.91 Å². The highest BCUT2D eigenvalue weighted by atomic mass is 32.1. The van der Waals surface area contributed by atoms with Gasteiger partial charge in [0, 0.05) is 24.4 Å². The van der Waals surface area contributed by atoms with E-state index in [1.807, 2.05) is 13.8 Å². The zero-order valence-corrected chi connectivity index (χ0v) is 10.5. The third-order valence-corrected chi connectivity index (χ3v) is 2.71. The Hall–Kier alpha value is -1.70. The maximum absolute atomic E-state index is 12.0. The molecule has 0 saturated carbocycles. The van der Waals surface area contributed by atoms with E-state index in [1.54, 1.807) is 10.3 Å². The van der Waals surface area contributed by atoms with Crippen molar-refractivity contribution in [1.29, 1.82) is 0 Å². The lowest BCUT2D eigenvalue weighted by atomic mass is 10.2. The first-order valence-corrected chi connectivity index (χ1v) is 5.94. The van der Waals surface area contributed by atoms with Crippen LogP contribution in [0.4, 0.5) is 0 Å². The van der Waals surface area contributed by atoms with Gasteiger partial charge in [-0.15, -0.1) is 5.10 Å². The zero-order valence-electron chi connectivity index (χ0n) is 9.70. The highest BCUT2D eigenvalue weighted by Crippen LogP contribution is 2.08. The molecule has 0 aliphatic heterocycles. The van der Waals surface area contributed by atoms with E-state index >= 15 is 0 Å². The number of nitrogens with two attached hydrogens (primary N) is 1. The second kappa shape index (κ2) is 6.14. The Morgan fingerprint density at radius 3 is 2.88 bits per heavy atom. The van der Waals surface area contributed by atoms with Crippen LogP contribution in [0.25, 0.3) is 0 Å². The van der Waals surface area contributed by atoms with Crippen molar-refractivity contribution >= 4 is 23.3 Å². The summed E-state index contributed by atoms with van der Waals surface area (Å²) in [6, 6.07) is 0.00990. The highest BCUT2D eigenvalue weighted by molar-refractivity contribution is 7.03. The molecule has 1 aromatic heterocycles. The smallest absolute Gasteiger partial charge is 0.275 e. The van der Waals surface area contributed by atoms with Gasteiger partial charge in [-0.3, -0.25) is 4.79 Å². The summed E-state index contributed by atoms with van der Waals surface area (Å²) in [6.45, 7) is 4.16. The van der Waals surface area contributed by atoms with Crippen molar-refractivity contribution in [3.05, 3.63) is 11.1 Å². The third kappa shape index (κ3) is 3.66. The molecule has 0 aromatic carbocycles. The fourth-order valence-electron chi connectivity index (χ4n) is 1.28. The number of oxime groups is 1. The number of nitrogens with zero attached hydrogens (tertiary/aromatic N) is 4. The van der Waals surface area contributed by atoms with E-state index in [0.717, 1.165) is 11.5 Å². The molecule has 0 fully saturated rings. The fraction of sp³-hybridized carbons (Fsp3) is 0.556. The molecule has 0 aliphatic rings. The predicted molar refractivity (Wildman–Crippen MR) is 64.1 cm³/mol. The maximum atomic E-state index is 12.0. The minimum Gasteiger partial charge on any atom is -0.409 e. The number of amides is 1. The van der Waals surface area contributed by atoms with Crippen LogP contribution >= 0.6 is 11.5 Å². The van der Waals surface area contributed by atoms with Gasteiger partial charge in [-0.1, -0.05) is 9.64 Å².